The predicted molar refractivity (Wildman–Crippen MR) is 69.6 cm³/mol. The lowest BCUT2D eigenvalue weighted by Gasteiger charge is -2.08. The first-order valence-corrected chi connectivity index (χ1v) is 5.45. The fourth-order valence-corrected chi connectivity index (χ4v) is 1.57. The number of nitrogens with two attached hydrogens (primary N) is 1. The molecular weight excluding hydrogens is 261 g/mol. The Bertz CT molecular complexity index is 532. The minimum Gasteiger partial charge on any atom is -0.339 e. The zero-order chi connectivity index (χ0) is 12.3. The summed E-state index contributed by atoms with van der Waals surface area (Å²) in [6, 6.07) is 6.77. The lowest BCUT2D eigenvalue weighted by molar-refractivity contribution is 1.14. The van der Waals surface area contributed by atoms with Crippen molar-refractivity contribution in [3.05, 3.63) is 40.6 Å². The van der Waals surface area contributed by atoms with Gasteiger partial charge in [-0.15, -0.1) is 0 Å². The summed E-state index contributed by atoms with van der Waals surface area (Å²) in [5.41, 5.74) is 3.10. The zero-order valence-electron chi connectivity index (χ0n) is 8.61. The molecule has 17 heavy (non-hydrogen) atoms. The second kappa shape index (κ2) is 5.18. The minimum atomic E-state index is 0.501. The van der Waals surface area contributed by atoms with Crippen molar-refractivity contribution in [2.45, 2.75) is 0 Å². The van der Waals surface area contributed by atoms with Gasteiger partial charge in [-0.2, -0.15) is 0 Å². The predicted octanol–water partition coefficient (Wildman–Crippen LogP) is 2.81. The number of benzene rings is 1. The normalized spacial score (nSPS) is 10.1. The number of hydrazine groups is 1. The van der Waals surface area contributed by atoms with Crippen LogP contribution in [0.1, 0.15) is 0 Å². The zero-order valence-corrected chi connectivity index (χ0v) is 10.1. The Balaban J connectivity index is 2.27. The van der Waals surface area contributed by atoms with Crippen LogP contribution >= 0.6 is 23.2 Å². The van der Waals surface area contributed by atoms with Crippen molar-refractivity contribution < 1.29 is 0 Å². The van der Waals surface area contributed by atoms with E-state index >= 15 is 0 Å². The van der Waals surface area contributed by atoms with E-state index in [0.717, 1.165) is 0 Å². The van der Waals surface area contributed by atoms with E-state index in [-0.39, 0.29) is 0 Å². The van der Waals surface area contributed by atoms with E-state index in [0.29, 0.717) is 27.4 Å². The molecule has 5 nitrogen and oxygen atoms in total. The van der Waals surface area contributed by atoms with Gasteiger partial charge in [0.2, 0.25) is 0 Å². The second-order valence-corrected chi connectivity index (χ2v) is 4.03. The van der Waals surface area contributed by atoms with Gasteiger partial charge in [-0.3, -0.25) is 0 Å². The summed E-state index contributed by atoms with van der Waals surface area (Å²) < 4.78 is 0. The molecule has 2 rings (SSSR count). The van der Waals surface area contributed by atoms with E-state index in [1.807, 2.05) is 0 Å². The van der Waals surface area contributed by atoms with Crippen LogP contribution in [0.5, 0.6) is 0 Å². The lowest BCUT2D eigenvalue weighted by atomic mass is 10.3. The summed E-state index contributed by atoms with van der Waals surface area (Å²) >= 11 is 11.9. The quantitative estimate of drug-likeness (QED) is 0.590. The average molecular weight is 270 g/mol. The number of rotatable bonds is 3. The molecule has 0 spiro atoms. The van der Waals surface area contributed by atoms with Gasteiger partial charge in [-0.05, 0) is 18.2 Å². The maximum absolute atomic E-state index is 6.01. The van der Waals surface area contributed by atoms with Crippen LogP contribution in [0.15, 0.2) is 30.6 Å². The van der Waals surface area contributed by atoms with Gasteiger partial charge in [0.25, 0.3) is 0 Å². The molecule has 0 unspecified atom stereocenters. The SMILES string of the molecule is NNc1cc(Nc2cc(Cl)ccc2Cl)ncn1. The minimum absolute atomic E-state index is 0.501. The standard InChI is InChI=1S/C10H9Cl2N5/c11-6-1-2-7(12)8(3-6)16-9-4-10(17-13)15-5-14-9/h1-5H,13H2,(H2,14,15,16,17). The number of anilines is 3. The Morgan fingerprint density at radius 3 is 2.59 bits per heavy atom. The Morgan fingerprint density at radius 1 is 1.06 bits per heavy atom. The van der Waals surface area contributed by atoms with Gasteiger partial charge in [0.1, 0.15) is 18.0 Å². The number of nitrogens with one attached hydrogen (secondary N) is 2. The summed E-state index contributed by atoms with van der Waals surface area (Å²) in [5.74, 6) is 6.32. The Hall–Kier alpha value is -1.56. The molecule has 2 aromatic rings. The van der Waals surface area contributed by atoms with E-state index in [1.165, 1.54) is 6.33 Å². The third-order valence-electron chi connectivity index (χ3n) is 2.01. The maximum atomic E-state index is 6.01. The molecule has 0 aliphatic carbocycles. The number of hydrogen-bond acceptors (Lipinski definition) is 5. The molecule has 1 heterocycles. The van der Waals surface area contributed by atoms with Crippen molar-refractivity contribution in [3.8, 4) is 0 Å². The molecule has 0 atom stereocenters. The number of halogens is 2. The molecule has 0 radical (unpaired) electrons. The molecule has 0 saturated heterocycles. The van der Waals surface area contributed by atoms with Gasteiger partial charge in [0.05, 0.1) is 10.7 Å². The monoisotopic (exact) mass is 269 g/mol. The second-order valence-electron chi connectivity index (χ2n) is 3.18. The van der Waals surface area contributed by atoms with Crippen LogP contribution in [-0.4, -0.2) is 9.97 Å². The highest BCUT2D eigenvalue weighted by Gasteiger charge is 2.03. The third kappa shape index (κ3) is 2.97. The summed E-state index contributed by atoms with van der Waals surface area (Å²) in [6.45, 7) is 0. The van der Waals surface area contributed by atoms with Crippen LogP contribution in [0.3, 0.4) is 0 Å². The number of nitrogen functional groups attached to an aromatic ring is 1. The number of nitrogens with zero attached hydrogens (tertiary/aromatic N) is 2. The molecule has 7 heteroatoms. The Kier molecular flexibility index (Phi) is 3.63. The van der Waals surface area contributed by atoms with Gasteiger partial charge in [0.15, 0.2) is 0 Å². The van der Waals surface area contributed by atoms with Crippen molar-refractivity contribution in [2.75, 3.05) is 10.7 Å². The largest absolute Gasteiger partial charge is 0.339 e. The molecule has 0 bridgehead atoms. The van der Waals surface area contributed by atoms with E-state index in [2.05, 4.69) is 20.7 Å². The average Bonchev–Trinajstić information content (AvgIpc) is 2.34. The maximum Gasteiger partial charge on any atom is 0.145 e. The van der Waals surface area contributed by atoms with Crippen molar-refractivity contribution in [1.29, 1.82) is 0 Å². The first kappa shape index (κ1) is 11.9. The van der Waals surface area contributed by atoms with Crippen LogP contribution < -0.4 is 16.6 Å². The van der Waals surface area contributed by atoms with Crippen molar-refractivity contribution in [2.24, 2.45) is 5.84 Å². The third-order valence-corrected chi connectivity index (χ3v) is 2.57. The molecular formula is C10H9Cl2N5. The van der Waals surface area contributed by atoms with Gasteiger partial charge in [-0.25, -0.2) is 15.8 Å². The Morgan fingerprint density at radius 2 is 1.82 bits per heavy atom. The Labute approximate surface area is 108 Å². The van der Waals surface area contributed by atoms with E-state index < -0.39 is 0 Å². The number of hydrogen-bond donors (Lipinski definition) is 3. The molecule has 0 aliphatic rings. The number of aromatic nitrogens is 2. The highest BCUT2D eigenvalue weighted by atomic mass is 35.5. The summed E-state index contributed by atoms with van der Waals surface area (Å²) in [7, 11) is 0. The summed E-state index contributed by atoms with van der Waals surface area (Å²) in [5, 5.41) is 4.16. The first-order valence-electron chi connectivity index (χ1n) is 4.70. The molecule has 0 amide bonds. The molecule has 1 aromatic heterocycles. The first-order chi connectivity index (χ1) is 8.19. The van der Waals surface area contributed by atoms with Gasteiger partial charge in [0, 0.05) is 11.1 Å². The van der Waals surface area contributed by atoms with Crippen LogP contribution in [-0.2, 0) is 0 Å². The smallest absolute Gasteiger partial charge is 0.145 e. The highest BCUT2D eigenvalue weighted by Crippen LogP contribution is 2.27. The van der Waals surface area contributed by atoms with E-state index in [4.69, 9.17) is 29.0 Å². The molecule has 0 saturated carbocycles. The van der Waals surface area contributed by atoms with Crippen LogP contribution in [0.25, 0.3) is 0 Å². The summed E-state index contributed by atoms with van der Waals surface area (Å²) in [4.78, 5) is 7.93. The summed E-state index contributed by atoms with van der Waals surface area (Å²) in [6.07, 6.45) is 1.38. The van der Waals surface area contributed by atoms with Gasteiger partial charge >= 0.3 is 0 Å². The van der Waals surface area contributed by atoms with E-state index in [9.17, 15) is 0 Å². The van der Waals surface area contributed by atoms with Crippen LogP contribution in [0.2, 0.25) is 10.0 Å². The van der Waals surface area contributed by atoms with Crippen molar-refractivity contribution in [1.82, 2.24) is 9.97 Å². The van der Waals surface area contributed by atoms with Crippen LogP contribution in [0.4, 0.5) is 17.3 Å². The topological polar surface area (TPSA) is 75.9 Å². The van der Waals surface area contributed by atoms with E-state index in [1.54, 1.807) is 24.3 Å². The highest BCUT2D eigenvalue weighted by molar-refractivity contribution is 6.35. The lowest BCUT2D eigenvalue weighted by Crippen LogP contribution is -2.09. The van der Waals surface area contributed by atoms with Gasteiger partial charge < -0.3 is 10.7 Å². The molecule has 0 fully saturated rings. The van der Waals surface area contributed by atoms with Crippen LogP contribution in [0, 0.1) is 0 Å². The van der Waals surface area contributed by atoms with Crippen molar-refractivity contribution in [3.63, 3.8) is 0 Å². The molecule has 1 aromatic carbocycles. The fourth-order valence-electron chi connectivity index (χ4n) is 1.24. The van der Waals surface area contributed by atoms with Crippen molar-refractivity contribution >= 4 is 40.5 Å². The fraction of sp³-hybridized carbons (Fsp3) is 0. The molecule has 0 aliphatic heterocycles. The molecule has 88 valence electrons. The molecule has 4 N–H and O–H groups in total. The van der Waals surface area contributed by atoms with Gasteiger partial charge in [-0.1, -0.05) is 23.2 Å².